The zero-order chi connectivity index (χ0) is 48.5. The molecular weight excluding hydrogens is 1010 g/mol. The molecule has 4 nitrogen and oxygen atoms in total. The normalized spacial score (nSPS) is 11.0. The third-order valence-electron chi connectivity index (χ3n) is 11.9. The minimum atomic E-state index is -3.67. The average molecular weight is 1060 g/mol. The maximum Gasteiger partial charge on any atom is 0.261 e. The number of hydrogen-bond acceptors (Lipinski definition) is 3. The molecule has 0 amide bonds. The van der Waals surface area contributed by atoms with Crippen LogP contribution in [0.4, 0.5) is 5.69 Å². The molecule has 10 aromatic carbocycles. The van der Waals surface area contributed by atoms with Crippen molar-refractivity contribution in [1.29, 1.82) is 0 Å². The van der Waals surface area contributed by atoms with Crippen molar-refractivity contribution in [3.05, 3.63) is 247 Å². The van der Waals surface area contributed by atoms with Crippen molar-refractivity contribution in [3.63, 3.8) is 0 Å². The fourth-order valence-corrected chi connectivity index (χ4v) is 13.4. The molecule has 0 atom stereocenters. The van der Waals surface area contributed by atoms with Gasteiger partial charge in [0.2, 0.25) is 0 Å². The van der Waals surface area contributed by atoms with Gasteiger partial charge in [0.05, 0.1) is 6.26 Å². The molecule has 0 aliphatic carbocycles. The van der Waals surface area contributed by atoms with Crippen LogP contribution in [-0.4, -0.2) is 26.3 Å². The first-order valence-electron chi connectivity index (χ1n) is 22.9. The van der Waals surface area contributed by atoms with Crippen molar-refractivity contribution >= 4 is 85.0 Å². The largest absolute Gasteiger partial charge is 0.395 e. The minimum Gasteiger partial charge on any atom is -0.395 e. The summed E-state index contributed by atoms with van der Waals surface area (Å²) < 4.78 is 25.9. The number of fused-ring (bicyclic) bond motifs is 2. The van der Waals surface area contributed by atoms with Gasteiger partial charge in [-0.2, -0.15) is 8.42 Å². The van der Waals surface area contributed by atoms with Crippen molar-refractivity contribution in [2.24, 2.45) is 0 Å². The molecule has 0 unspecified atom stereocenters. The van der Waals surface area contributed by atoms with E-state index in [0.29, 0.717) is 6.26 Å². The average Bonchev–Trinajstić information content (AvgIpc) is 3.36. The molecule has 0 aromatic heterocycles. The summed E-state index contributed by atoms with van der Waals surface area (Å²) in [6, 6.07) is 84.1. The van der Waals surface area contributed by atoms with Crippen LogP contribution in [0.2, 0.25) is 0 Å². The van der Waals surface area contributed by atoms with E-state index in [4.69, 9.17) is 4.55 Å². The van der Waals surface area contributed by atoms with Crippen LogP contribution in [0.25, 0.3) is 43.8 Å². The van der Waals surface area contributed by atoms with Gasteiger partial charge in [0.1, 0.15) is 0 Å². The molecule has 0 saturated heterocycles. The molecule has 8 heteroatoms. The van der Waals surface area contributed by atoms with Crippen LogP contribution in [0, 0.1) is 33.8 Å². The van der Waals surface area contributed by atoms with Gasteiger partial charge in [0, 0.05) is 27.5 Å². The summed E-state index contributed by atoms with van der Waals surface area (Å²) in [5, 5.41) is 16.6. The van der Waals surface area contributed by atoms with Crippen LogP contribution in [0.1, 0.15) is 22.3 Å². The second-order valence-corrected chi connectivity index (χ2v) is 23.0. The Morgan fingerprint density at radius 1 is 0.443 bits per heavy atom. The molecule has 0 bridgehead atoms. The zero-order valence-electron chi connectivity index (χ0n) is 40.2. The van der Waals surface area contributed by atoms with Gasteiger partial charge >= 0.3 is 0 Å². The van der Waals surface area contributed by atoms with E-state index in [-0.39, 0.29) is 20.4 Å². The van der Waals surface area contributed by atoms with Crippen LogP contribution in [0.5, 0.6) is 0 Å². The van der Waals surface area contributed by atoms with E-state index in [1.54, 1.807) is 0 Å². The summed E-state index contributed by atoms with van der Waals surface area (Å²) >= 11 is 0. The molecule has 0 aliphatic rings. The summed E-state index contributed by atoms with van der Waals surface area (Å²) in [6.07, 6.45) is 0.715. The van der Waals surface area contributed by atoms with E-state index in [9.17, 15) is 8.42 Å². The predicted molar refractivity (Wildman–Crippen MR) is 301 cm³/mol. The second-order valence-electron chi connectivity index (χ2n) is 17.2. The van der Waals surface area contributed by atoms with E-state index in [2.05, 4.69) is 227 Å². The summed E-state index contributed by atoms with van der Waals surface area (Å²) in [5.74, 6) is 0. The minimum absolute atomic E-state index is 0. The van der Waals surface area contributed by atoms with Gasteiger partial charge in [0.25, 0.3) is 10.1 Å². The smallest absolute Gasteiger partial charge is 0.261 e. The van der Waals surface area contributed by atoms with Gasteiger partial charge in [-0.25, -0.2) is 0 Å². The van der Waals surface area contributed by atoms with Gasteiger partial charge in [-0.3, -0.25) is 4.55 Å². The van der Waals surface area contributed by atoms with Gasteiger partial charge < -0.3 is 5.32 Å². The van der Waals surface area contributed by atoms with Gasteiger partial charge in [-0.1, -0.05) is 216 Å². The molecular formula is C62H56NO3P2PdS-. The van der Waals surface area contributed by atoms with E-state index >= 15 is 0 Å². The molecule has 0 heterocycles. The Morgan fingerprint density at radius 3 is 1.14 bits per heavy atom. The molecule has 2 N–H and O–H groups in total. The first-order valence-corrected chi connectivity index (χ1v) is 27.5. The Hall–Kier alpha value is -6.05. The number of anilines is 1. The number of para-hydroxylation sites is 1. The molecule has 70 heavy (non-hydrogen) atoms. The van der Waals surface area contributed by atoms with Gasteiger partial charge in [0.15, 0.2) is 0 Å². The first kappa shape index (κ1) is 51.8. The molecule has 0 spiro atoms. The van der Waals surface area contributed by atoms with E-state index in [1.807, 2.05) is 37.4 Å². The van der Waals surface area contributed by atoms with E-state index < -0.39 is 26.0 Å². The molecule has 0 fully saturated rings. The Labute approximate surface area is 430 Å². The Balaban J connectivity index is 0.000000302. The fraction of sp³-hybridized carbons (Fsp3) is 0.0968. The van der Waals surface area contributed by atoms with Crippen LogP contribution in [0.3, 0.4) is 0 Å². The summed E-state index contributed by atoms with van der Waals surface area (Å²) in [5.41, 5.74) is 11.3. The number of nitrogens with one attached hydrogen (secondary N) is 1. The molecule has 10 rings (SSSR count). The van der Waals surface area contributed by atoms with Crippen molar-refractivity contribution in [2.45, 2.75) is 27.7 Å². The van der Waals surface area contributed by atoms with Crippen molar-refractivity contribution in [2.75, 3.05) is 18.6 Å². The third kappa shape index (κ3) is 12.6. The molecule has 10 aromatic rings. The summed E-state index contributed by atoms with van der Waals surface area (Å²) in [7, 11) is -3.51. The second kappa shape index (κ2) is 23.7. The monoisotopic (exact) mass is 1060 g/mol. The molecule has 0 radical (unpaired) electrons. The summed E-state index contributed by atoms with van der Waals surface area (Å²) in [6.45, 7) is 8.72. The van der Waals surface area contributed by atoms with Crippen LogP contribution >= 0.6 is 15.8 Å². The van der Waals surface area contributed by atoms with Crippen molar-refractivity contribution in [1.82, 2.24) is 0 Å². The Bertz CT molecular complexity index is 3160. The molecule has 0 saturated carbocycles. The fourth-order valence-electron chi connectivity index (χ4n) is 8.54. The first-order chi connectivity index (χ1) is 33.4. The number of benzene rings is 10. The van der Waals surface area contributed by atoms with Gasteiger partial charge in [-0.15, -0.1) is 35.9 Å². The maximum absolute atomic E-state index is 9.19. The maximum atomic E-state index is 9.19. The molecule has 0 aliphatic heterocycles. The molecule has 354 valence electrons. The Kier molecular flexibility index (Phi) is 17.5. The predicted octanol–water partition coefficient (Wildman–Crippen LogP) is 13.1. The number of aryl methyl sites for hydroxylation is 4. The standard InChI is InChI=1S/C48H40P2.C13H12N.CH4O3S.Pd/c1-33-13-23-39(24-14-33)49(40-25-15-34(2)16-26-40)45-31-21-37-9-5-7-11-43(37)47(45)48-44-12-8-6-10-38(44)22-32-46(48)50(41-27-17-35(3)18-28-41)42-29-19-36(4)20-30-42;1-14-13-10-6-5-9-12(13)11-7-3-2-4-8-11;1-5(2,3)4;/h5-32H,1-4H3;2-7,9-10,14H,1H3;1H3,(H,2,3,4);/q;-1;;. The third-order valence-corrected chi connectivity index (χ3v) is 16.9. The van der Waals surface area contributed by atoms with Crippen molar-refractivity contribution in [3.8, 4) is 22.3 Å². The van der Waals surface area contributed by atoms with E-state index in [0.717, 1.165) is 11.3 Å². The van der Waals surface area contributed by atoms with Gasteiger partial charge in [-0.05, 0) is 120 Å². The van der Waals surface area contributed by atoms with Crippen molar-refractivity contribution < 1.29 is 33.4 Å². The van der Waals surface area contributed by atoms with Crippen LogP contribution in [0.15, 0.2) is 218 Å². The SMILES string of the molecule is CNc1ccccc1-c1[c-]cccc1.CS(=O)(=O)O.Cc1ccc(P(c2ccc(C)cc2)c2ccc3ccccc3c2-c2c(P(c3ccc(C)cc3)c3ccc(C)cc3)ccc3ccccc23)cc1.[Pd]. The quantitative estimate of drug-likeness (QED) is 0.0654. The number of hydrogen-bond donors (Lipinski definition) is 2. The zero-order valence-corrected chi connectivity index (χ0v) is 44.3. The van der Waals surface area contributed by atoms with Crippen LogP contribution in [-0.2, 0) is 30.5 Å². The Morgan fingerprint density at radius 2 is 0.786 bits per heavy atom. The summed E-state index contributed by atoms with van der Waals surface area (Å²) in [4.78, 5) is 0. The topological polar surface area (TPSA) is 66.4 Å². The number of rotatable bonds is 9. The van der Waals surface area contributed by atoms with Crippen LogP contribution < -0.4 is 37.1 Å². The van der Waals surface area contributed by atoms with E-state index in [1.165, 1.54) is 92.3 Å².